The number of aromatic nitrogens is 3. The van der Waals surface area contributed by atoms with Crippen LogP contribution in [0.2, 0.25) is 0 Å². The molecule has 7 aromatic rings. The molecule has 4 nitrogen and oxygen atoms in total. The van der Waals surface area contributed by atoms with E-state index in [1.165, 1.54) is 44.5 Å². The summed E-state index contributed by atoms with van der Waals surface area (Å²) >= 11 is 0. The van der Waals surface area contributed by atoms with Gasteiger partial charge in [-0.3, -0.25) is 19.9 Å². The second-order valence-electron chi connectivity index (χ2n) is 13.5. The quantitative estimate of drug-likeness (QED) is 0.192. The number of hydrogen-bond acceptors (Lipinski definition) is 4. The van der Waals surface area contributed by atoms with E-state index in [2.05, 4.69) is 133 Å². The van der Waals surface area contributed by atoms with Crippen LogP contribution in [-0.2, 0) is 5.41 Å². The number of aliphatic imine (C=N–C) groups is 1. The first-order valence-electron chi connectivity index (χ1n) is 17.2. The van der Waals surface area contributed by atoms with E-state index in [0.29, 0.717) is 5.92 Å². The van der Waals surface area contributed by atoms with Crippen LogP contribution in [0, 0.1) is 5.92 Å². The van der Waals surface area contributed by atoms with Crippen molar-refractivity contribution in [3.63, 3.8) is 0 Å². The van der Waals surface area contributed by atoms with Crippen molar-refractivity contribution >= 4 is 5.71 Å². The minimum Gasteiger partial charge on any atom is -0.283 e. The highest BCUT2D eigenvalue weighted by Gasteiger charge is 2.51. The van der Waals surface area contributed by atoms with Crippen molar-refractivity contribution in [1.82, 2.24) is 15.0 Å². The van der Waals surface area contributed by atoms with E-state index in [4.69, 9.17) is 15.0 Å². The molecule has 3 aromatic heterocycles. The summed E-state index contributed by atoms with van der Waals surface area (Å²) in [5.41, 5.74) is 18.0. The summed E-state index contributed by atoms with van der Waals surface area (Å²) in [5.74, 6) is 0.470. The zero-order chi connectivity index (χ0) is 33.2. The lowest BCUT2D eigenvalue weighted by Crippen LogP contribution is -2.26. The molecule has 1 aliphatic heterocycles. The molecule has 0 fully saturated rings. The normalized spacial score (nSPS) is 16.0. The fourth-order valence-electron chi connectivity index (χ4n) is 8.22. The van der Waals surface area contributed by atoms with Crippen LogP contribution in [0.25, 0.3) is 55.9 Å². The molecule has 3 aliphatic rings. The largest absolute Gasteiger partial charge is 0.283 e. The molecule has 0 N–H and O–H groups in total. The molecule has 0 radical (unpaired) electrons. The smallest absolute Gasteiger partial charge is 0.0886 e. The monoisotopic (exact) mass is 640 g/mol. The first-order valence-corrected chi connectivity index (χ1v) is 17.2. The van der Waals surface area contributed by atoms with Crippen LogP contribution in [-0.4, -0.2) is 27.2 Å². The average molecular weight is 641 g/mol. The summed E-state index contributed by atoms with van der Waals surface area (Å²) in [6.45, 7) is 2.99. The Kier molecular flexibility index (Phi) is 6.40. The van der Waals surface area contributed by atoms with Gasteiger partial charge in [-0.15, -0.1) is 0 Å². The predicted molar refractivity (Wildman–Crippen MR) is 202 cm³/mol. The molecule has 2 aliphatic carbocycles. The highest BCUT2D eigenvalue weighted by Crippen LogP contribution is 2.63. The van der Waals surface area contributed by atoms with Crippen LogP contribution < -0.4 is 0 Å². The van der Waals surface area contributed by atoms with Crippen LogP contribution >= 0.6 is 0 Å². The van der Waals surface area contributed by atoms with Crippen LogP contribution in [0.1, 0.15) is 34.9 Å². The maximum Gasteiger partial charge on any atom is 0.0886 e. The van der Waals surface area contributed by atoms with E-state index in [1.807, 2.05) is 36.8 Å². The van der Waals surface area contributed by atoms with Gasteiger partial charge in [0.25, 0.3) is 0 Å². The lowest BCUT2D eigenvalue weighted by Gasteiger charge is -2.31. The van der Waals surface area contributed by atoms with E-state index in [-0.39, 0.29) is 0 Å². The molecule has 0 amide bonds. The molecule has 0 saturated heterocycles. The number of pyridine rings is 3. The van der Waals surface area contributed by atoms with Gasteiger partial charge in [-0.2, -0.15) is 0 Å². The summed E-state index contributed by atoms with van der Waals surface area (Å²) in [5, 5.41) is 0. The van der Waals surface area contributed by atoms with Crippen LogP contribution in [0.5, 0.6) is 0 Å². The van der Waals surface area contributed by atoms with Crippen LogP contribution in [0.15, 0.2) is 163 Å². The van der Waals surface area contributed by atoms with Crippen molar-refractivity contribution in [3.8, 4) is 55.9 Å². The van der Waals surface area contributed by atoms with E-state index >= 15 is 0 Å². The molecular weight excluding hydrogens is 609 g/mol. The van der Waals surface area contributed by atoms with E-state index in [0.717, 1.165) is 51.6 Å². The molecule has 50 heavy (non-hydrogen) atoms. The summed E-state index contributed by atoms with van der Waals surface area (Å²) in [4.78, 5) is 18.9. The number of hydrogen-bond donors (Lipinski definition) is 0. The third-order valence-corrected chi connectivity index (χ3v) is 10.6. The lowest BCUT2D eigenvalue weighted by atomic mass is 9.70. The van der Waals surface area contributed by atoms with E-state index in [1.54, 1.807) is 0 Å². The van der Waals surface area contributed by atoms with Gasteiger partial charge in [-0.05, 0) is 104 Å². The van der Waals surface area contributed by atoms with Gasteiger partial charge in [0.05, 0.1) is 28.2 Å². The molecule has 4 heteroatoms. The molecule has 4 aromatic carbocycles. The molecular formula is C46H32N4. The maximum atomic E-state index is 4.88. The number of allylic oxidation sites excluding steroid dienone is 1. The Balaban J connectivity index is 1.14. The van der Waals surface area contributed by atoms with Gasteiger partial charge in [-0.25, -0.2) is 0 Å². The zero-order valence-corrected chi connectivity index (χ0v) is 27.6. The molecule has 10 rings (SSSR count). The minimum atomic E-state index is -0.461. The fourth-order valence-corrected chi connectivity index (χ4v) is 8.22. The number of benzene rings is 4. The molecule has 4 heterocycles. The van der Waals surface area contributed by atoms with Crippen molar-refractivity contribution in [2.24, 2.45) is 10.9 Å². The Labute approximate surface area is 291 Å². The van der Waals surface area contributed by atoms with Gasteiger partial charge in [0.2, 0.25) is 0 Å². The summed E-state index contributed by atoms with van der Waals surface area (Å²) in [7, 11) is 0. The van der Waals surface area contributed by atoms with Crippen molar-refractivity contribution < 1.29 is 0 Å². The van der Waals surface area contributed by atoms with Crippen molar-refractivity contribution in [2.75, 3.05) is 6.54 Å². The van der Waals surface area contributed by atoms with Gasteiger partial charge >= 0.3 is 0 Å². The summed E-state index contributed by atoms with van der Waals surface area (Å²) in [6.07, 6.45) is 10.1. The molecule has 0 bridgehead atoms. The highest BCUT2D eigenvalue weighted by atomic mass is 14.8. The Bertz CT molecular complexity index is 2470. The Morgan fingerprint density at radius 2 is 1.04 bits per heavy atom. The standard InChI is InChI=1S/C46H32N4/c1-29-13-20-43(48-26-29)45-22-17-33(28-50-45)31-15-19-37-36-18-14-30(32-16-21-44(49-27-32)42-12-6-7-23-47-42)24-40(36)46(41(37)25-31)38-10-4-2-8-34(38)35-9-3-5-11-39(35)46/h2-25,27-29H,26H2,1H3. The first kappa shape index (κ1) is 28.7. The number of rotatable bonds is 4. The third kappa shape index (κ3) is 4.25. The highest BCUT2D eigenvalue weighted by molar-refractivity contribution is 6.08. The number of fused-ring (bicyclic) bond motifs is 10. The maximum absolute atomic E-state index is 4.88. The van der Waals surface area contributed by atoms with Crippen molar-refractivity contribution in [1.29, 1.82) is 0 Å². The zero-order valence-electron chi connectivity index (χ0n) is 27.6. The Morgan fingerprint density at radius 3 is 1.58 bits per heavy atom. The molecule has 236 valence electrons. The topological polar surface area (TPSA) is 51.0 Å². The van der Waals surface area contributed by atoms with Crippen molar-refractivity contribution in [3.05, 3.63) is 186 Å². The Morgan fingerprint density at radius 1 is 0.500 bits per heavy atom. The predicted octanol–water partition coefficient (Wildman–Crippen LogP) is 10.2. The third-order valence-electron chi connectivity index (χ3n) is 10.6. The van der Waals surface area contributed by atoms with Gasteiger partial charge < -0.3 is 0 Å². The second-order valence-corrected chi connectivity index (χ2v) is 13.5. The Hall–Kier alpha value is -6.26. The van der Waals surface area contributed by atoms with Gasteiger partial charge in [0.1, 0.15) is 0 Å². The molecule has 1 unspecified atom stereocenters. The summed E-state index contributed by atoms with van der Waals surface area (Å²) < 4.78 is 0. The minimum absolute atomic E-state index is 0.461. The van der Waals surface area contributed by atoms with Gasteiger partial charge in [0, 0.05) is 36.3 Å². The van der Waals surface area contributed by atoms with Gasteiger partial charge in [0.15, 0.2) is 0 Å². The first-order chi connectivity index (χ1) is 24.7. The lowest BCUT2D eigenvalue weighted by molar-refractivity contribution is 0.734. The average Bonchev–Trinajstić information content (AvgIpc) is 3.65. The van der Waals surface area contributed by atoms with Gasteiger partial charge in [-0.1, -0.05) is 104 Å². The van der Waals surface area contributed by atoms with E-state index in [9.17, 15) is 0 Å². The van der Waals surface area contributed by atoms with Crippen molar-refractivity contribution in [2.45, 2.75) is 12.3 Å². The number of dihydropyridines is 1. The second kappa shape index (κ2) is 11.1. The van der Waals surface area contributed by atoms with Crippen LogP contribution in [0.3, 0.4) is 0 Å². The molecule has 0 saturated carbocycles. The van der Waals surface area contributed by atoms with Crippen LogP contribution in [0.4, 0.5) is 0 Å². The summed E-state index contributed by atoms with van der Waals surface area (Å²) in [6, 6.07) is 46.3. The molecule has 1 atom stereocenters. The fraction of sp³-hybridized carbons (Fsp3) is 0.0870. The van der Waals surface area contributed by atoms with E-state index < -0.39 is 5.41 Å². The number of nitrogens with zero attached hydrogens (tertiary/aromatic N) is 4. The SMILES string of the molecule is CC1C=CC(c2ccc(-c3ccc4c(c3)C3(c5ccccc5-c5ccccc53)c3cc(-c5ccc(-c6ccccn6)nc5)ccc3-4)cn2)=NC1. The molecule has 1 spiro atoms.